The van der Waals surface area contributed by atoms with Crippen LogP contribution in [0, 0.1) is 21.4 Å². The first-order valence-corrected chi connectivity index (χ1v) is 7.91. The van der Waals surface area contributed by atoms with E-state index in [0.29, 0.717) is 11.3 Å². The van der Waals surface area contributed by atoms with Gasteiger partial charge in [-0.1, -0.05) is 0 Å². The number of nitriles is 1. The van der Waals surface area contributed by atoms with Gasteiger partial charge in [-0.3, -0.25) is 10.1 Å². The molecule has 2 aromatic carbocycles. The fraction of sp³-hybridized carbons (Fsp3) is 0. The second-order valence-electron chi connectivity index (χ2n) is 5.65. The molecule has 0 unspecified atom stereocenters. The van der Waals surface area contributed by atoms with Gasteiger partial charge in [0.1, 0.15) is 11.9 Å². The fourth-order valence-electron chi connectivity index (χ4n) is 2.62. The van der Waals surface area contributed by atoms with E-state index in [1.807, 2.05) is 24.3 Å². The topological polar surface area (TPSA) is 107 Å². The van der Waals surface area contributed by atoms with Gasteiger partial charge in [0.25, 0.3) is 5.69 Å². The Morgan fingerprint density at radius 3 is 2.56 bits per heavy atom. The van der Waals surface area contributed by atoms with Crippen molar-refractivity contribution < 1.29 is 9.66 Å². The molecule has 8 heteroatoms. The predicted molar refractivity (Wildman–Crippen MR) is 96.8 cm³/mol. The summed E-state index contributed by atoms with van der Waals surface area (Å²) in [5, 5.41) is 24.8. The van der Waals surface area contributed by atoms with Crippen LogP contribution in [0.3, 0.4) is 0 Å². The van der Waals surface area contributed by atoms with Crippen LogP contribution >= 0.6 is 0 Å². The Kier molecular flexibility index (Phi) is 3.95. The van der Waals surface area contributed by atoms with Gasteiger partial charge in [0.2, 0.25) is 5.88 Å². The number of nitrogens with zero attached hydrogens (tertiary/aromatic N) is 5. The maximum atomic E-state index is 10.7. The number of benzene rings is 2. The Morgan fingerprint density at radius 2 is 1.89 bits per heavy atom. The zero-order valence-corrected chi connectivity index (χ0v) is 13.8. The van der Waals surface area contributed by atoms with Gasteiger partial charge in [-0.05, 0) is 42.5 Å². The smallest absolute Gasteiger partial charge is 0.287 e. The van der Waals surface area contributed by atoms with Crippen LogP contribution in [0.2, 0.25) is 0 Å². The number of hydrogen-bond acceptors (Lipinski definition) is 6. The summed E-state index contributed by atoms with van der Waals surface area (Å²) in [6, 6.07) is 17.4. The Bertz CT molecular complexity index is 1170. The van der Waals surface area contributed by atoms with Crippen LogP contribution in [0.1, 0.15) is 5.56 Å². The third-order valence-corrected chi connectivity index (χ3v) is 3.93. The third-order valence-electron chi connectivity index (χ3n) is 3.93. The zero-order chi connectivity index (χ0) is 18.8. The summed E-state index contributed by atoms with van der Waals surface area (Å²) in [5.41, 5.74) is 2.21. The molecule has 0 saturated heterocycles. The number of pyridine rings is 1. The van der Waals surface area contributed by atoms with Crippen LogP contribution in [-0.4, -0.2) is 19.7 Å². The van der Waals surface area contributed by atoms with Gasteiger partial charge in [0.05, 0.1) is 34.0 Å². The summed E-state index contributed by atoms with van der Waals surface area (Å²) in [5.74, 6) is 0.808. The van der Waals surface area contributed by atoms with Gasteiger partial charge in [0, 0.05) is 17.5 Å². The number of nitro groups is 1. The minimum Gasteiger partial charge on any atom is -0.439 e. The lowest BCUT2D eigenvalue weighted by molar-refractivity contribution is -0.385. The normalized spacial score (nSPS) is 10.5. The molecule has 27 heavy (non-hydrogen) atoms. The van der Waals surface area contributed by atoms with E-state index in [9.17, 15) is 10.1 Å². The molecule has 4 rings (SSSR count). The van der Waals surface area contributed by atoms with Crippen molar-refractivity contribution in [1.82, 2.24) is 14.8 Å². The summed E-state index contributed by atoms with van der Waals surface area (Å²) < 4.78 is 7.43. The van der Waals surface area contributed by atoms with Crippen LogP contribution in [0.25, 0.3) is 16.6 Å². The Hall–Kier alpha value is -4.25. The molecule has 4 aromatic rings. The highest BCUT2D eigenvalue weighted by Gasteiger charge is 2.09. The Labute approximate surface area is 153 Å². The van der Waals surface area contributed by atoms with Crippen LogP contribution < -0.4 is 4.74 Å². The third kappa shape index (κ3) is 3.17. The van der Waals surface area contributed by atoms with E-state index < -0.39 is 4.92 Å². The van der Waals surface area contributed by atoms with Crippen molar-refractivity contribution in [2.75, 3.05) is 0 Å². The van der Waals surface area contributed by atoms with Gasteiger partial charge in [0.15, 0.2) is 0 Å². The van der Waals surface area contributed by atoms with E-state index >= 15 is 0 Å². The number of aromatic nitrogens is 3. The molecule has 130 valence electrons. The molecule has 0 N–H and O–H groups in total. The molecule has 0 radical (unpaired) electrons. The van der Waals surface area contributed by atoms with Crippen LogP contribution in [0.5, 0.6) is 11.6 Å². The molecule has 0 aliphatic heterocycles. The maximum absolute atomic E-state index is 10.7. The summed E-state index contributed by atoms with van der Waals surface area (Å²) >= 11 is 0. The zero-order valence-electron chi connectivity index (χ0n) is 13.8. The average molecular weight is 357 g/mol. The monoisotopic (exact) mass is 357 g/mol. The second kappa shape index (κ2) is 6.57. The van der Waals surface area contributed by atoms with E-state index in [1.54, 1.807) is 29.1 Å². The number of ether oxygens (including phenoxy) is 1. The van der Waals surface area contributed by atoms with Crippen molar-refractivity contribution in [3.8, 4) is 23.4 Å². The maximum Gasteiger partial charge on any atom is 0.287 e. The molecule has 2 heterocycles. The SMILES string of the molecule is N#Cc1ccc(-n2ncc3cc(Oc4ccc([N+](=O)[O-])cn4)ccc32)cc1. The highest BCUT2D eigenvalue weighted by atomic mass is 16.6. The van der Waals surface area contributed by atoms with Gasteiger partial charge < -0.3 is 4.74 Å². The van der Waals surface area contributed by atoms with Crippen LogP contribution in [0.4, 0.5) is 5.69 Å². The molecule has 8 nitrogen and oxygen atoms in total. The minimum atomic E-state index is -0.514. The highest BCUT2D eigenvalue weighted by molar-refractivity contribution is 5.81. The van der Waals surface area contributed by atoms with Gasteiger partial charge in [-0.15, -0.1) is 0 Å². The fourth-order valence-corrected chi connectivity index (χ4v) is 2.62. The van der Waals surface area contributed by atoms with Crippen LogP contribution in [0.15, 0.2) is 67.0 Å². The molecule has 0 aliphatic carbocycles. The van der Waals surface area contributed by atoms with E-state index in [1.165, 1.54) is 12.1 Å². The predicted octanol–water partition coefficient (Wildman–Crippen LogP) is 3.99. The van der Waals surface area contributed by atoms with E-state index in [-0.39, 0.29) is 11.6 Å². The summed E-state index contributed by atoms with van der Waals surface area (Å²) in [6.45, 7) is 0. The Balaban J connectivity index is 1.61. The molecular weight excluding hydrogens is 346 g/mol. The molecule has 0 spiro atoms. The van der Waals surface area contributed by atoms with E-state index in [2.05, 4.69) is 16.2 Å². The van der Waals surface area contributed by atoms with Gasteiger partial charge >= 0.3 is 0 Å². The lowest BCUT2D eigenvalue weighted by Gasteiger charge is -2.06. The first kappa shape index (κ1) is 16.2. The number of hydrogen-bond donors (Lipinski definition) is 0. The Morgan fingerprint density at radius 1 is 1.07 bits per heavy atom. The standard InChI is InChI=1S/C19H11N5O3/c20-10-13-1-3-15(4-2-13)23-18-7-6-17(9-14(18)11-22-23)27-19-8-5-16(12-21-19)24(25)26/h1-9,11-12H. The largest absolute Gasteiger partial charge is 0.439 e. The van der Waals surface area contributed by atoms with Crippen molar-refractivity contribution >= 4 is 16.6 Å². The molecule has 0 bridgehead atoms. The highest BCUT2D eigenvalue weighted by Crippen LogP contribution is 2.26. The molecule has 0 fully saturated rings. The molecule has 0 amide bonds. The quantitative estimate of drug-likeness (QED) is 0.404. The summed E-state index contributed by atoms with van der Waals surface area (Å²) in [6.07, 6.45) is 2.86. The van der Waals surface area contributed by atoms with Gasteiger partial charge in [-0.2, -0.15) is 10.4 Å². The summed E-state index contributed by atoms with van der Waals surface area (Å²) in [7, 11) is 0. The second-order valence-corrected chi connectivity index (χ2v) is 5.65. The number of rotatable bonds is 4. The molecular formula is C19H11N5O3. The molecule has 2 aromatic heterocycles. The van der Waals surface area contributed by atoms with Crippen molar-refractivity contribution in [1.29, 1.82) is 5.26 Å². The minimum absolute atomic E-state index is 0.0958. The van der Waals surface area contributed by atoms with Crippen molar-refractivity contribution in [2.45, 2.75) is 0 Å². The van der Waals surface area contributed by atoms with Crippen molar-refractivity contribution in [3.05, 3.63) is 82.7 Å². The molecule has 0 atom stereocenters. The van der Waals surface area contributed by atoms with Crippen molar-refractivity contribution in [2.24, 2.45) is 0 Å². The molecule has 0 aliphatic rings. The van der Waals surface area contributed by atoms with E-state index in [4.69, 9.17) is 10.00 Å². The lowest BCUT2D eigenvalue weighted by atomic mass is 10.2. The van der Waals surface area contributed by atoms with E-state index in [0.717, 1.165) is 22.8 Å². The van der Waals surface area contributed by atoms with Crippen LogP contribution in [-0.2, 0) is 0 Å². The first-order chi connectivity index (χ1) is 13.1. The average Bonchev–Trinajstić information content (AvgIpc) is 3.11. The van der Waals surface area contributed by atoms with Crippen molar-refractivity contribution in [3.63, 3.8) is 0 Å². The van der Waals surface area contributed by atoms with Gasteiger partial charge in [-0.25, -0.2) is 9.67 Å². The molecule has 0 saturated carbocycles. The summed E-state index contributed by atoms with van der Waals surface area (Å²) in [4.78, 5) is 14.1. The first-order valence-electron chi connectivity index (χ1n) is 7.91. The number of fused-ring (bicyclic) bond motifs is 1. The lowest BCUT2D eigenvalue weighted by Crippen LogP contribution is -1.95.